The van der Waals surface area contributed by atoms with E-state index in [1.807, 2.05) is 36.4 Å². The molecule has 1 aliphatic carbocycles. The summed E-state index contributed by atoms with van der Waals surface area (Å²) in [5.74, 6) is 1.85. The van der Waals surface area contributed by atoms with E-state index in [0.29, 0.717) is 24.7 Å². The predicted molar refractivity (Wildman–Crippen MR) is 83.1 cm³/mol. The standard InChI is InChI=1S/C17H19N3O2/c1-20(16(21)10-7-13-5-3-2-4-6-13)12-11-15-18-17(22-19-15)14-8-9-14/h2-7,10,14H,8-9,11-12H2,1H3/b10-7+. The van der Waals surface area contributed by atoms with Crippen molar-refractivity contribution in [1.29, 1.82) is 0 Å². The van der Waals surface area contributed by atoms with E-state index in [0.717, 1.165) is 24.3 Å². The van der Waals surface area contributed by atoms with E-state index in [-0.39, 0.29) is 5.91 Å². The summed E-state index contributed by atoms with van der Waals surface area (Å²) >= 11 is 0. The Balaban J connectivity index is 1.49. The Morgan fingerprint density at radius 1 is 1.36 bits per heavy atom. The summed E-state index contributed by atoms with van der Waals surface area (Å²) in [5.41, 5.74) is 1.01. The highest BCUT2D eigenvalue weighted by atomic mass is 16.5. The average Bonchev–Trinajstić information content (AvgIpc) is 3.30. The number of rotatable bonds is 6. The van der Waals surface area contributed by atoms with E-state index in [1.165, 1.54) is 0 Å². The van der Waals surface area contributed by atoms with Gasteiger partial charge in [0, 0.05) is 32.0 Å². The van der Waals surface area contributed by atoms with Crippen molar-refractivity contribution >= 4 is 12.0 Å². The zero-order valence-electron chi connectivity index (χ0n) is 12.6. The van der Waals surface area contributed by atoms with E-state index in [9.17, 15) is 4.79 Å². The van der Waals surface area contributed by atoms with E-state index in [1.54, 1.807) is 18.0 Å². The molecule has 1 aromatic heterocycles. The molecule has 0 atom stereocenters. The van der Waals surface area contributed by atoms with Crippen molar-refractivity contribution in [2.75, 3.05) is 13.6 Å². The maximum Gasteiger partial charge on any atom is 0.246 e. The molecule has 0 N–H and O–H groups in total. The highest BCUT2D eigenvalue weighted by Gasteiger charge is 2.29. The quantitative estimate of drug-likeness (QED) is 0.769. The van der Waals surface area contributed by atoms with E-state index in [2.05, 4.69) is 10.1 Å². The fourth-order valence-corrected chi connectivity index (χ4v) is 2.10. The molecule has 1 amide bonds. The largest absolute Gasteiger partial charge is 0.342 e. The minimum absolute atomic E-state index is 0.0326. The van der Waals surface area contributed by atoms with Crippen LogP contribution in [0, 0.1) is 0 Å². The fourth-order valence-electron chi connectivity index (χ4n) is 2.10. The number of carbonyl (C=O) groups excluding carboxylic acids is 1. The van der Waals surface area contributed by atoms with Gasteiger partial charge < -0.3 is 9.42 Å². The molecule has 5 heteroatoms. The van der Waals surface area contributed by atoms with Gasteiger partial charge in [-0.05, 0) is 24.5 Å². The average molecular weight is 297 g/mol. The van der Waals surface area contributed by atoms with E-state index in [4.69, 9.17) is 4.52 Å². The molecule has 0 spiro atoms. The van der Waals surface area contributed by atoms with Crippen LogP contribution in [0.15, 0.2) is 40.9 Å². The first-order chi connectivity index (χ1) is 10.7. The summed E-state index contributed by atoms with van der Waals surface area (Å²) in [6, 6.07) is 9.76. The van der Waals surface area contributed by atoms with Gasteiger partial charge in [0.15, 0.2) is 5.82 Å². The van der Waals surface area contributed by atoms with Crippen molar-refractivity contribution in [3.63, 3.8) is 0 Å². The van der Waals surface area contributed by atoms with Gasteiger partial charge in [-0.3, -0.25) is 4.79 Å². The molecule has 114 valence electrons. The number of amides is 1. The molecule has 1 heterocycles. The molecular weight excluding hydrogens is 278 g/mol. The van der Waals surface area contributed by atoms with Crippen LogP contribution >= 0.6 is 0 Å². The molecule has 3 rings (SSSR count). The Labute approximate surface area is 129 Å². The Morgan fingerprint density at radius 3 is 2.86 bits per heavy atom. The van der Waals surface area contributed by atoms with Gasteiger partial charge in [-0.15, -0.1) is 0 Å². The number of hydrogen-bond acceptors (Lipinski definition) is 4. The zero-order chi connectivity index (χ0) is 15.4. The van der Waals surface area contributed by atoms with Crippen LogP contribution in [-0.4, -0.2) is 34.5 Å². The van der Waals surface area contributed by atoms with Crippen LogP contribution in [0.2, 0.25) is 0 Å². The molecule has 0 radical (unpaired) electrons. The normalized spacial score (nSPS) is 14.4. The van der Waals surface area contributed by atoms with Crippen LogP contribution in [0.25, 0.3) is 6.08 Å². The number of hydrogen-bond donors (Lipinski definition) is 0. The first kappa shape index (κ1) is 14.5. The predicted octanol–water partition coefficient (Wildman–Crippen LogP) is 2.66. The number of aromatic nitrogens is 2. The van der Waals surface area contributed by atoms with Crippen LogP contribution in [-0.2, 0) is 11.2 Å². The second-order valence-corrected chi connectivity index (χ2v) is 5.58. The smallest absolute Gasteiger partial charge is 0.246 e. The van der Waals surface area contributed by atoms with Gasteiger partial charge >= 0.3 is 0 Å². The highest BCUT2D eigenvalue weighted by Crippen LogP contribution is 2.38. The van der Waals surface area contributed by atoms with Crippen LogP contribution in [0.4, 0.5) is 0 Å². The lowest BCUT2D eigenvalue weighted by Crippen LogP contribution is -2.27. The number of likely N-dealkylation sites (N-methyl/N-ethyl adjacent to an activating group) is 1. The SMILES string of the molecule is CN(CCc1noc(C2CC2)n1)C(=O)/C=C/c1ccccc1. The van der Waals surface area contributed by atoms with Crippen LogP contribution in [0.3, 0.4) is 0 Å². The molecule has 22 heavy (non-hydrogen) atoms. The number of nitrogens with zero attached hydrogens (tertiary/aromatic N) is 3. The Morgan fingerprint density at radius 2 is 2.14 bits per heavy atom. The van der Waals surface area contributed by atoms with Crippen molar-refractivity contribution < 1.29 is 9.32 Å². The van der Waals surface area contributed by atoms with Crippen LogP contribution in [0.1, 0.15) is 36.0 Å². The summed E-state index contributed by atoms with van der Waals surface area (Å²) in [4.78, 5) is 18.1. The third kappa shape index (κ3) is 3.81. The molecule has 1 fully saturated rings. The van der Waals surface area contributed by atoms with Crippen molar-refractivity contribution in [3.05, 3.63) is 53.7 Å². The number of benzene rings is 1. The second kappa shape index (κ2) is 6.56. The first-order valence-corrected chi connectivity index (χ1v) is 7.53. The maximum atomic E-state index is 12.0. The molecule has 1 saturated carbocycles. The van der Waals surface area contributed by atoms with Crippen LogP contribution in [0.5, 0.6) is 0 Å². The molecule has 2 aromatic rings. The molecular formula is C17H19N3O2. The van der Waals surface area contributed by atoms with Crippen molar-refractivity contribution in [2.45, 2.75) is 25.2 Å². The van der Waals surface area contributed by atoms with Gasteiger partial charge in [-0.1, -0.05) is 35.5 Å². The van der Waals surface area contributed by atoms with Gasteiger partial charge in [-0.2, -0.15) is 4.98 Å². The van der Waals surface area contributed by atoms with E-state index >= 15 is 0 Å². The molecule has 0 saturated heterocycles. The molecule has 5 nitrogen and oxygen atoms in total. The first-order valence-electron chi connectivity index (χ1n) is 7.53. The van der Waals surface area contributed by atoms with Gasteiger partial charge in [-0.25, -0.2) is 0 Å². The van der Waals surface area contributed by atoms with Crippen molar-refractivity contribution in [1.82, 2.24) is 15.0 Å². The Kier molecular flexibility index (Phi) is 4.32. The van der Waals surface area contributed by atoms with Crippen molar-refractivity contribution in [3.8, 4) is 0 Å². The summed E-state index contributed by atoms with van der Waals surface area (Å²) < 4.78 is 5.21. The second-order valence-electron chi connectivity index (χ2n) is 5.58. The molecule has 0 unspecified atom stereocenters. The van der Waals surface area contributed by atoms with Crippen LogP contribution < -0.4 is 0 Å². The minimum atomic E-state index is -0.0326. The lowest BCUT2D eigenvalue weighted by molar-refractivity contribution is -0.124. The summed E-state index contributed by atoms with van der Waals surface area (Å²) in [7, 11) is 1.78. The summed E-state index contributed by atoms with van der Waals surface area (Å²) in [6.45, 7) is 0.571. The fraction of sp³-hybridized carbons (Fsp3) is 0.353. The monoisotopic (exact) mass is 297 g/mol. The van der Waals surface area contributed by atoms with Gasteiger partial charge in [0.2, 0.25) is 11.8 Å². The minimum Gasteiger partial charge on any atom is -0.342 e. The lowest BCUT2D eigenvalue weighted by Gasteiger charge is -2.13. The molecule has 0 bridgehead atoms. The third-order valence-electron chi connectivity index (χ3n) is 3.68. The Bertz CT molecular complexity index is 660. The summed E-state index contributed by atoms with van der Waals surface area (Å²) in [5, 5.41) is 3.96. The molecule has 1 aliphatic rings. The van der Waals surface area contributed by atoms with Crippen molar-refractivity contribution in [2.24, 2.45) is 0 Å². The Hall–Kier alpha value is -2.43. The van der Waals surface area contributed by atoms with Gasteiger partial charge in [0.1, 0.15) is 0 Å². The number of carbonyl (C=O) groups is 1. The zero-order valence-corrected chi connectivity index (χ0v) is 12.6. The summed E-state index contributed by atoms with van der Waals surface area (Å²) in [6.07, 6.45) is 6.30. The molecule has 1 aromatic carbocycles. The molecule has 0 aliphatic heterocycles. The van der Waals surface area contributed by atoms with Gasteiger partial charge in [0.25, 0.3) is 0 Å². The topological polar surface area (TPSA) is 59.2 Å². The highest BCUT2D eigenvalue weighted by molar-refractivity contribution is 5.91. The van der Waals surface area contributed by atoms with Gasteiger partial charge in [0.05, 0.1) is 0 Å². The lowest BCUT2D eigenvalue weighted by atomic mass is 10.2. The third-order valence-corrected chi connectivity index (χ3v) is 3.68. The van der Waals surface area contributed by atoms with E-state index < -0.39 is 0 Å². The maximum absolute atomic E-state index is 12.0.